The van der Waals surface area contributed by atoms with Crippen molar-refractivity contribution in [3.8, 4) is 11.5 Å². The van der Waals surface area contributed by atoms with Crippen molar-refractivity contribution in [3.05, 3.63) is 48.5 Å². The molecule has 0 bridgehead atoms. The number of carbonyl (C=O) groups excluding carboxylic acids is 2. The van der Waals surface area contributed by atoms with Crippen LogP contribution in [0.3, 0.4) is 0 Å². The Labute approximate surface area is 164 Å². The minimum absolute atomic E-state index is 0.0222. The Kier molecular flexibility index (Phi) is 6.03. The summed E-state index contributed by atoms with van der Waals surface area (Å²) in [7, 11) is 3.19. The predicted molar refractivity (Wildman–Crippen MR) is 108 cm³/mol. The number of hydrogen-bond donors (Lipinski definition) is 1. The van der Waals surface area contributed by atoms with Gasteiger partial charge in [0.2, 0.25) is 5.91 Å². The van der Waals surface area contributed by atoms with Gasteiger partial charge in [0.1, 0.15) is 11.5 Å². The van der Waals surface area contributed by atoms with Gasteiger partial charge in [0.15, 0.2) is 0 Å². The molecule has 2 aromatic carbocycles. The molecule has 0 aromatic heterocycles. The van der Waals surface area contributed by atoms with Gasteiger partial charge in [-0.3, -0.25) is 9.69 Å². The highest BCUT2D eigenvalue weighted by Crippen LogP contribution is 2.26. The Morgan fingerprint density at radius 3 is 2.50 bits per heavy atom. The molecule has 0 unspecified atom stereocenters. The third kappa shape index (κ3) is 4.19. The number of methoxy groups -OCH3 is 2. The van der Waals surface area contributed by atoms with Crippen molar-refractivity contribution in [2.24, 2.45) is 0 Å². The molecule has 1 heterocycles. The molecule has 28 heavy (non-hydrogen) atoms. The summed E-state index contributed by atoms with van der Waals surface area (Å²) in [5, 5.41) is 2.98. The summed E-state index contributed by atoms with van der Waals surface area (Å²) in [6.07, 6.45) is 0.267. The van der Waals surface area contributed by atoms with E-state index in [0.29, 0.717) is 18.8 Å². The van der Waals surface area contributed by atoms with E-state index < -0.39 is 0 Å². The lowest BCUT2D eigenvalue weighted by Crippen LogP contribution is -2.46. The van der Waals surface area contributed by atoms with Gasteiger partial charge >= 0.3 is 6.03 Å². The third-order valence-corrected chi connectivity index (χ3v) is 4.76. The third-order valence-electron chi connectivity index (χ3n) is 4.76. The highest BCUT2D eigenvalue weighted by molar-refractivity contribution is 5.98. The molecule has 3 rings (SSSR count). The van der Waals surface area contributed by atoms with Crippen LogP contribution in [0.1, 0.15) is 13.3 Å². The van der Waals surface area contributed by atoms with Crippen LogP contribution >= 0.6 is 0 Å². The molecule has 0 saturated carbocycles. The van der Waals surface area contributed by atoms with Crippen molar-refractivity contribution in [2.45, 2.75) is 19.4 Å². The number of hydrogen-bond acceptors (Lipinski definition) is 4. The first-order valence-corrected chi connectivity index (χ1v) is 9.22. The van der Waals surface area contributed by atoms with Crippen molar-refractivity contribution in [1.29, 1.82) is 0 Å². The van der Waals surface area contributed by atoms with E-state index in [4.69, 9.17) is 9.47 Å². The molecule has 7 nitrogen and oxygen atoms in total. The summed E-state index contributed by atoms with van der Waals surface area (Å²) in [5.41, 5.74) is 1.54. The van der Waals surface area contributed by atoms with Gasteiger partial charge in [-0.25, -0.2) is 4.79 Å². The molecule has 7 heteroatoms. The fraction of sp³-hybridized carbons (Fsp3) is 0.333. The summed E-state index contributed by atoms with van der Waals surface area (Å²) in [5.74, 6) is 1.40. The molecule has 1 saturated heterocycles. The molecule has 1 aliphatic heterocycles. The smallest absolute Gasteiger partial charge is 0.322 e. The Morgan fingerprint density at radius 1 is 1.14 bits per heavy atom. The van der Waals surface area contributed by atoms with Crippen molar-refractivity contribution >= 4 is 23.3 Å². The summed E-state index contributed by atoms with van der Waals surface area (Å²) in [4.78, 5) is 28.5. The van der Waals surface area contributed by atoms with Gasteiger partial charge in [-0.15, -0.1) is 0 Å². The lowest BCUT2D eigenvalue weighted by molar-refractivity contribution is -0.117. The maximum atomic E-state index is 12.8. The van der Waals surface area contributed by atoms with Crippen LogP contribution in [0.2, 0.25) is 0 Å². The molecular formula is C21H25N3O4. The predicted octanol–water partition coefficient (Wildman–Crippen LogP) is 3.05. The van der Waals surface area contributed by atoms with Gasteiger partial charge in [0, 0.05) is 37.0 Å². The van der Waals surface area contributed by atoms with Crippen molar-refractivity contribution < 1.29 is 19.1 Å². The van der Waals surface area contributed by atoms with Crippen LogP contribution in [0.4, 0.5) is 16.2 Å². The van der Waals surface area contributed by atoms with E-state index in [0.717, 1.165) is 17.1 Å². The number of benzene rings is 2. The van der Waals surface area contributed by atoms with E-state index in [1.54, 1.807) is 24.0 Å². The lowest BCUT2D eigenvalue weighted by atomic mass is 10.2. The molecule has 148 valence electrons. The standard InChI is InChI=1S/C21H25N3O4/c1-4-23(16-8-10-18(27-2)11-9-16)21(26)22-15-12-20(25)24(14-15)17-6-5-7-19(13-17)28-3/h5-11,13,15H,4,12,14H2,1-3H3,(H,22,26)/t15-/m0/s1. The second-order valence-corrected chi connectivity index (χ2v) is 6.50. The SMILES string of the molecule is CCN(C(=O)N[C@H]1CC(=O)N(c2cccc(OC)c2)C1)c1ccc(OC)cc1. The maximum absolute atomic E-state index is 12.8. The highest BCUT2D eigenvalue weighted by atomic mass is 16.5. The van der Waals surface area contributed by atoms with Gasteiger partial charge in [-0.2, -0.15) is 0 Å². The molecule has 0 aliphatic carbocycles. The van der Waals surface area contributed by atoms with Gasteiger partial charge < -0.3 is 19.7 Å². The molecule has 2 aromatic rings. The first-order valence-electron chi connectivity index (χ1n) is 9.22. The number of urea groups is 1. The zero-order valence-corrected chi connectivity index (χ0v) is 16.3. The molecule has 1 fully saturated rings. The number of nitrogens with one attached hydrogen (secondary N) is 1. The molecule has 1 N–H and O–H groups in total. The van der Waals surface area contributed by atoms with Gasteiger partial charge in [-0.05, 0) is 43.3 Å². The maximum Gasteiger partial charge on any atom is 0.322 e. The Balaban J connectivity index is 1.67. The molecule has 0 radical (unpaired) electrons. The quantitative estimate of drug-likeness (QED) is 0.832. The highest BCUT2D eigenvalue weighted by Gasteiger charge is 2.32. The number of nitrogens with zero attached hydrogens (tertiary/aromatic N) is 2. The van der Waals surface area contributed by atoms with Crippen molar-refractivity contribution in [2.75, 3.05) is 37.1 Å². The Hall–Kier alpha value is -3.22. The number of anilines is 2. The second-order valence-electron chi connectivity index (χ2n) is 6.50. The largest absolute Gasteiger partial charge is 0.497 e. The van der Waals surface area contributed by atoms with Gasteiger partial charge in [0.25, 0.3) is 0 Å². The lowest BCUT2D eigenvalue weighted by Gasteiger charge is -2.24. The summed E-state index contributed by atoms with van der Waals surface area (Å²) < 4.78 is 10.4. The number of rotatable bonds is 6. The average molecular weight is 383 g/mol. The number of amides is 3. The van der Waals surface area contributed by atoms with Gasteiger partial charge in [-0.1, -0.05) is 6.07 Å². The molecule has 0 spiro atoms. The molecule has 1 atom stereocenters. The average Bonchev–Trinajstić information content (AvgIpc) is 3.09. The van der Waals surface area contributed by atoms with Crippen LogP contribution in [0, 0.1) is 0 Å². The van der Waals surface area contributed by atoms with Gasteiger partial charge in [0.05, 0.1) is 20.3 Å². The molecule has 1 aliphatic rings. The van der Waals surface area contributed by atoms with E-state index in [-0.39, 0.29) is 24.4 Å². The minimum atomic E-state index is -0.251. The van der Waals surface area contributed by atoms with Crippen molar-refractivity contribution in [1.82, 2.24) is 5.32 Å². The molecule has 3 amide bonds. The zero-order chi connectivity index (χ0) is 20.1. The van der Waals surface area contributed by atoms with E-state index in [1.165, 1.54) is 0 Å². The first kappa shape index (κ1) is 19.5. The van der Waals surface area contributed by atoms with Crippen LogP contribution < -0.4 is 24.6 Å². The van der Waals surface area contributed by atoms with Crippen LogP contribution in [-0.2, 0) is 4.79 Å². The fourth-order valence-corrected chi connectivity index (χ4v) is 3.29. The Bertz CT molecular complexity index is 838. The molecular weight excluding hydrogens is 358 g/mol. The number of ether oxygens (including phenoxy) is 2. The topological polar surface area (TPSA) is 71.1 Å². The second kappa shape index (κ2) is 8.65. The monoisotopic (exact) mass is 383 g/mol. The number of carbonyl (C=O) groups is 2. The van der Waals surface area contributed by atoms with E-state index in [2.05, 4.69) is 5.32 Å². The summed E-state index contributed by atoms with van der Waals surface area (Å²) >= 11 is 0. The normalized spacial score (nSPS) is 16.0. The van der Waals surface area contributed by atoms with Crippen LogP contribution in [0.15, 0.2) is 48.5 Å². The van der Waals surface area contributed by atoms with Crippen LogP contribution in [0.25, 0.3) is 0 Å². The first-order chi connectivity index (χ1) is 13.5. The minimum Gasteiger partial charge on any atom is -0.497 e. The summed E-state index contributed by atoms with van der Waals surface area (Å²) in [6, 6.07) is 14.2. The zero-order valence-electron chi connectivity index (χ0n) is 16.3. The van der Waals surface area contributed by atoms with Crippen LogP contribution in [-0.4, -0.2) is 45.3 Å². The van der Waals surface area contributed by atoms with E-state index in [1.807, 2.05) is 55.5 Å². The summed E-state index contributed by atoms with van der Waals surface area (Å²) in [6.45, 7) is 2.85. The fourth-order valence-electron chi connectivity index (χ4n) is 3.29. The van der Waals surface area contributed by atoms with Crippen molar-refractivity contribution in [3.63, 3.8) is 0 Å². The van der Waals surface area contributed by atoms with E-state index in [9.17, 15) is 9.59 Å². The Morgan fingerprint density at radius 2 is 1.86 bits per heavy atom. The van der Waals surface area contributed by atoms with E-state index >= 15 is 0 Å². The van der Waals surface area contributed by atoms with Crippen LogP contribution in [0.5, 0.6) is 11.5 Å².